The molecule has 0 aromatic heterocycles. The summed E-state index contributed by atoms with van der Waals surface area (Å²) < 4.78 is 12.9. The number of nitrogens with one attached hydrogen (secondary N) is 2. The Balaban J connectivity index is 1.59. The summed E-state index contributed by atoms with van der Waals surface area (Å²) in [5.74, 6) is -0.0566. The molecule has 0 saturated heterocycles. The minimum atomic E-state index is -0.189. The van der Waals surface area contributed by atoms with E-state index in [1.54, 1.807) is 6.07 Å². The molecule has 1 aromatic rings. The van der Waals surface area contributed by atoms with Crippen LogP contribution in [0.5, 0.6) is 0 Å². The summed E-state index contributed by atoms with van der Waals surface area (Å²) in [5.41, 5.74) is 2.13. The molecule has 1 aromatic carbocycles. The van der Waals surface area contributed by atoms with E-state index >= 15 is 0 Å². The van der Waals surface area contributed by atoms with Crippen molar-refractivity contribution in [3.63, 3.8) is 0 Å². The molecule has 0 aliphatic heterocycles. The molecule has 3 nitrogen and oxygen atoms in total. The standard InChI is InChI=1S/C15H21FN2O/c1-11-10-13(16)3-2-12(11)6-8-17-9-7-15(19)18-14-4-5-14/h2-3,10,14,17H,4-9H2,1H3,(H,18,19). The van der Waals surface area contributed by atoms with Crippen LogP contribution >= 0.6 is 0 Å². The zero-order chi connectivity index (χ0) is 13.7. The van der Waals surface area contributed by atoms with E-state index < -0.39 is 0 Å². The van der Waals surface area contributed by atoms with Crippen molar-refractivity contribution in [2.45, 2.75) is 38.6 Å². The number of benzene rings is 1. The minimum absolute atomic E-state index is 0.132. The van der Waals surface area contributed by atoms with Crippen LogP contribution in [0.3, 0.4) is 0 Å². The van der Waals surface area contributed by atoms with Gasteiger partial charge >= 0.3 is 0 Å². The summed E-state index contributed by atoms with van der Waals surface area (Å²) in [6, 6.07) is 5.31. The van der Waals surface area contributed by atoms with E-state index in [1.807, 2.05) is 13.0 Å². The van der Waals surface area contributed by atoms with E-state index in [4.69, 9.17) is 0 Å². The molecule has 0 radical (unpaired) electrons. The van der Waals surface area contributed by atoms with Crippen molar-refractivity contribution in [2.75, 3.05) is 13.1 Å². The quantitative estimate of drug-likeness (QED) is 0.739. The molecule has 2 rings (SSSR count). The first-order valence-electron chi connectivity index (χ1n) is 6.90. The topological polar surface area (TPSA) is 41.1 Å². The smallest absolute Gasteiger partial charge is 0.221 e. The second kappa shape index (κ2) is 6.66. The predicted molar refractivity (Wildman–Crippen MR) is 73.5 cm³/mol. The largest absolute Gasteiger partial charge is 0.353 e. The van der Waals surface area contributed by atoms with Crippen LogP contribution in [0.15, 0.2) is 18.2 Å². The van der Waals surface area contributed by atoms with Gasteiger partial charge in [-0.3, -0.25) is 4.79 Å². The van der Waals surface area contributed by atoms with Crippen LogP contribution in [0.1, 0.15) is 30.4 Å². The first-order chi connectivity index (χ1) is 9.15. The van der Waals surface area contributed by atoms with Crippen molar-refractivity contribution >= 4 is 5.91 Å². The molecule has 1 fully saturated rings. The highest BCUT2D eigenvalue weighted by Gasteiger charge is 2.22. The van der Waals surface area contributed by atoms with Gasteiger partial charge in [0.15, 0.2) is 0 Å². The van der Waals surface area contributed by atoms with Crippen LogP contribution in [0.2, 0.25) is 0 Å². The fourth-order valence-corrected chi connectivity index (χ4v) is 2.02. The average Bonchev–Trinajstić information content (AvgIpc) is 3.15. The van der Waals surface area contributed by atoms with Gasteiger partial charge in [0.2, 0.25) is 5.91 Å². The lowest BCUT2D eigenvalue weighted by Crippen LogP contribution is -2.29. The van der Waals surface area contributed by atoms with Crippen LogP contribution in [0, 0.1) is 12.7 Å². The molecule has 2 N–H and O–H groups in total. The lowest BCUT2D eigenvalue weighted by molar-refractivity contribution is -0.121. The molecular weight excluding hydrogens is 243 g/mol. The van der Waals surface area contributed by atoms with Crippen LogP contribution < -0.4 is 10.6 Å². The maximum absolute atomic E-state index is 12.9. The zero-order valence-electron chi connectivity index (χ0n) is 11.3. The van der Waals surface area contributed by atoms with Gasteiger partial charge in [-0.1, -0.05) is 6.07 Å². The van der Waals surface area contributed by atoms with E-state index in [2.05, 4.69) is 10.6 Å². The molecule has 19 heavy (non-hydrogen) atoms. The Morgan fingerprint density at radius 3 is 2.84 bits per heavy atom. The first-order valence-corrected chi connectivity index (χ1v) is 6.90. The number of hydrogen-bond acceptors (Lipinski definition) is 2. The van der Waals surface area contributed by atoms with Crippen molar-refractivity contribution in [1.82, 2.24) is 10.6 Å². The third-order valence-corrected chi connectivity index (χ3v) is 3.35. The molecule has 1 aliphatic rings. The Kier molecular flexibility index (Phi) is 4.91. The van der Waals surface area contributed by atoms with Gasteiger partial charge in [-0.2, -0.15) is 0 Å². The van der Waals surface area contributed by atoms with E-state index in [9.17, 15) is 9.18 Å². The van der Waals surface area contributed by atoms with Crippen LogP contribution in [-0.2, 0) is 11.2 Å². The maximum Gasteiger partial charge on any atom is 0.221 e. The second-order valence-corrected chi connectivity index (χ2v) is 5.16. The van der Waals surface area contributed by atoms with Gasteiger partial charge < -0.3 is 10.6 Å². The van der Waals surface area contributed by atoms with E-state index in [0.29, 0.717) is 19.0 Å². The summed E-state index contributed by atoms with van der Waals surface area (Å²) >= 11 is 0. The Bertz CT molecular complexity index is 444. The summed E-state index contributed by atoms with van der Waals surface area (Å²) in [7, 11) is 0. The third kappa shape index (κ3) is 4.99. The molecule has 1 saturated carbocycles. The molecular formula is C15H21FN2O. The Morgan fingerprint density at radius 2 is 2.16 bits per heavy atom. The molecule has 104 valence electrons. The fourth-order valence-electron chi connectivity index (χ4n) is 2.02. The van der Waals surface area contributed by atoms with Crippen molar-refractivity contribution < 1.29 is 9.18 Å². The van der Waals surface area contributed by atoms with Gasteiger partial charge in [-0.25, -0.2) is 4.39 Å². The van der Waals surface area contributed by atoms with Crippen LogP contribution in [0.4, 0.5) is 4.39 Å². The third-order valence-electron chi connectivity index (χ3n) is 3.35. The number of amides is 1. The van der Waals surface area contributed by atoms with Crippen molar-refractivity contribution in [3.8, 4) is 0 Å². The first kappa shape index (κ1) is 14.0. The number of carbonyl (C=O) groups is 1. The second-order valence-electron chi connectivity index (χ2n) is 5.16. The normalized spacial score (nSPS) is 14.4. The summed E-state index contributed by atoms with van der Waals surface area (Å²) in [6.07, 6.45) is 3.64. The molecule has 0 unspecified atom stereocenters. The summed E-state index contributed by atoms with van der Waals surface area (Å²) in [5, 5.41) is 6.20. The molecule has 1 amide bonds. The minimum Gasteiger partial charge on any atom is -0.353 e. The fraction of sp³-hybridized carbons (Fsp3) is 0.533. The number of halogens is 1. The Morgan fingerprint density at radius 1 is 1.37 bits per heavy atom. The monoisotopic (exact) mass is 264 g/mol. The predicted octanol–water partition coefficient (Wildman–Crippen LogP) is 1.93. The Hall–Kier alpha value is -1.42. The maximum atomic E-state index is 12.9. The summed E-state index contributed by atoms with van der Waals surface area (Å²) in [6.45, 7) is 3.42. The van der Waals surface area contributed by atoms with Crippen molar-refractivity contribution in [3.05, 3.63) is 35.1 Å². The highest BCUT2D eigenvalue weighted by molar-refractivity contribution is 5.76. The molecule has 4 heteroatoms. The SMILES string of the molecule is Cc1cc(F)ccc1CCNCCC(=O)NC1CC1. The zero-order valence-corrected chi connectivity index (χ0v) is 11.3. The summed E-state index contributed by atoms with van der Waals surface area (Å²) in [4.78, 5) is 11.4. The highest BCUT2D eigenvalue weighted by atomic mass is 19.1. The van der Waals surface area contributed by atoms with Gasteiger partial charge in [0.1, 0.15) is 5.82 Å². The van der Waals surface area contributed by atoms with E-state index in [0.717, 1.165) is 36.9 Å². The Labute approximate surface area is 113 Å². The molecule has 0 atom stereocenters. The molecule has 0 heterocycles. The molecule has 0 spiro atoms. The number of hydrogen-bond donors (Lipinski definition) is 2. The van der Waals surface area contributed by atoms with Crippen molar-refractivity contribution in [1.29, 1.82) is 0 Å². The van der Waals surface area contributed by atoms with E-state index in [1.165, 1.54) is 6.07 Å². The van der Waals surface area contributed by atoms with Gasteiger partial charge in [-0.15, -0.1) is 0 Å². The average molecular weight is 264 g/mol. The van der Waals surface area contributed by atoms with Crippen LogP contribution in [0.25, 0.3) is 0 Å². The van der Waals surface area contributed by atoms with Crippen molar-refractivity contribution in [2.24, 2.45) is 0 Å². The highest BCUT2D eigenvalue weighted by Crippen LogP contribution is 2.18. The number of aryl methyl sites for hydroxylation is 1. The lowest BCUT2D eigenvalue weighted by atomic mass is 10.1. The van der Waals surface area contributed by atoms with Gasteiger partial charge in [0.05, 0.1) is 0 Å². The lowest BCUT2D eigenvalue weighted by Gasteiger charge is -2.08. The molecule has 0 bridgehead atoms. The van der Waals surface area contributed by atoms with Gasteiger partial charge in [-0.05, 0) is 56.0 Å². The number of carbonyl (C=O) groups excluding carboxylic acids is 1. The molecule has 1 aliphatic carbocycles. The van der Waals surface area contributed by atoms with Gasteiger partial charge in [0.25, 0.3) is 0 Å². The van der Waals surface area contributed by atoms with Crippen LogP contribution in [-0.4, -0.2) is 25.0 Å². The number of rotatable bonds is 7. The van der Waals surface area contributed by atoms with Gasteiger partial charge in [0, 0.05) is 19.0 Å². The van der Waals surface area contributed by atoms with E-state index in [-0.39, 0.29) is 11.7 Å².